The maximum atomic E-state index is 12.0. The summed E-state index contributed by atoms with van der Waals surface area (Å²) < 4.78 is 15.9. The highest BCUT2D eigenvalue weighted by atomic mass is 35.5. The fourth-order valence-corrected chi connectivity index (χ4v) is 2.60. The second kappa shape index (κ2) is 7.63. The van der Waals surface area contributed by atoms with Gasteiger partial charge in [-0.3, -0.25) is 4.79 Å². The number of hydrogen-bond donors (Lipinski definition) is 1. The maximum absolute atomic E-state index is 12.0. The molecule has 1 heterocycles. The second-order valence-corrected chi connectivity index (χ2v) is 5.99. The van der Waals surface area contributed by atoms with Crippen molar-refractivity contribution in [1.29, 1.82) is 0 Å². The van der Waals surface area contributed by atoms with Crippen LogP contribution in [0.3, 0.4) is 0 Å². The molecule has 2 aromatic rings. The Labute approximate surface area is 153 Å². The van der Waals surface area contributed by atoms with Crippen molar-refractivity contribution in [2.45, 2.75) is 6.10 Å². The zero-order valence-corrected chi connectivity index (χ0v) is 14.3. The summed E-state index contributed by atoms with van der Waals surface area (Å²) in [5.41, 5.74) is 0.373. The third-order valence-corrected chi connectivity index (χ3v) is 3.87. The van der Waals surface area contributed by atoms with E-state index in [1.54, 1.807) is 36.4 Å². The van der Waals surface area contributed by atoms with E-state index in [1.165, 1.54) is 6.07 Å². The molecular formula is C17H13Cl2NO5. The molecule has 130 valence electrons. The molecule has 0 aliphatic carbocycles. The van der Waals surface area contributed by atoms with Crippen molar-refractivity contribution in [1.82, 2.24) is 0 Å². The lowest BCUT2D eigenvalue weighted by Crippen LogP contribution is -2.39. The van der Waals surface area contributed by atoms with Gasteiger partial charge in [-0.25, -0.2) is 4.79 Å². The molecule has 0 radical (unpaired) electrons. The lowest BCUT2D eigenvalue weighted by Gasteiger charge is -2.24. The third kappa shape index (κ3) is 4.35. The number of fused-ring (bicyclic) bond motifs is 1. The largest absolute Gasteiger partial charge is 0.485 e. The molecule has 25 heavy (non-hydrogen) atoms. The first-order valence-corrected chi connectivity index (χ1v) is 8.08. The van der Waals surface area contributed by atoms with Crippen LogP contribution in [0.5, 0.6) is 11.5 Å². The molecule has 0 bridgehead atoms. The SMILES string of the molecule is O=C(COC(=O)[C@H]1COc2ccccc2O1)Nc1ccc(Cl)cc1Cl. The van der Waals surface area contributed by atoms with Crippen LogP contribution in [0.1, 0.15) is 0 Å². The van der Waals surface area contributed by atoms with E-state index in [1.807, 2.05) is 0 Å². The van der Waals surface area contributed by atoms with E-state index < -0.39 is 24.6 Å². The number of esters is 1. The first kappa shape index (κ1) is 17.4. The number of hydrogen-bond acceptors (Lipinski definition) is 5. The van der Waals surface area contributed by atoms with Crippen LogP contribution in [-0.2, 0) is 14.3 Å². The number of benzene rings is 2. The van der Waals surface area contributed by atoms with Crippen LogP contribution >= 0.6 is 23.2 Å². The fourth-order valence-electron chi connectivity index (χ4n) is 2.14. The Hall–Kier alpha value is -2.44. The van der Waals surface area contributed by atoms with Crippen LogP contribution < -0.4 is 14.8 Å². The van der Waals surface area contributed by atoms with Gasteiger partial charge in [0.15, 0.2) is 18.1 Å². The Morgan fingerprint density at radius 2 is 1.92 bits per heavy atom. The number of nitrogens with one attached hydrogen (secondary N) is 1. The number of rotatable bonds is 4. The molecule has 0 fully saturated rings. The molecule has 8 heteroatoms. The van der Waals surface area contributed by atoms with Gasteiger partial charge < -0.3 is 19.5 Å². The molecule has 2 aromatic carbocycles. The summed E-state index contributed by atoms with van der Waals surface area (Å²) in [7, 11) is 0. The molecule has 6 nitrogen and oxygen atoms in total. The molecule has 1 aliphatic rings. The van der Waals surface area contributed by atoms with Gasteiger partial charge in [-0.2, -0.15) is 0 Å². The standard InChI is InChI=1S/C17H13Cl2NO5/c18-10-5-6-12(11(19)7-10)20-16(21)9-24-17(22)15-8-23-13-3-1-2-4-14(13)25-15/h1-7,15H,8-9H2,(H,20,21)/t15-/m1/s1. The Morgan fingerprint density at radius 3 is 2.68 bits per heavy atom. The molecule has 0 unspecified atom stereocenters. The Morgan fingerprint density at radius 1 is 1.16 bits per heavy atom. The van der Waals surface area contributed by atoms with E-state index in [4.69, 9.17) is 37.4 Å². The molecule has 0 saturated carbocycles. The summed E-state index contributed by atoms with van der Waals surface area (Å²) in [4.78, 5) is 23.9. The fraction of sp³-hybridized carbons (Fsp3) is 0.176. The van der Waals surface area contributed by atoms with Crippen LogP contribution in [0, 0.1) is 0 Å². The van der Waals surface area contributed by atoms with Crippen molar-refractivity contribution in [3.05, 3.63) is 52.5 Å². The first-order chi connectivity index (χ1) is 12.0. The highest BCUT2D eigenvalue weighted by Gasteiger charge is 2.29. The monoisotopic (exact) mass is 381 g/mol. The van der Waals surface area contributed by atoms with Gasteiger partial charge in [-0.05, 0) is 30.3 Å². The number of para-hydroxylation sites is 2. The van der Waals surface area contributed by atoms with Crippen molar-refractivity contribution >= 4 is 40.8 Å². The van der Waals surface area contributed by atoms with Crippen molar-refractivity contribution in [3.63, 3.8) is 0 Å². The van der Waals surface area contributed by atoms with Crippen molar-refractivity contribution in [3.8, 4) is 11.5 Å². The minimum Gasteiger partial charge on any atom is -0.485 e. The van der Waals surface area contributed by atoms with Crippen LogP contribution in [0.25, 0.3) is 0 Å². The van der Waals surface area contributed by atoms with E-state index in [-0.39, 0.29) is 11.6 Å². The summed E-state index contributed by atoms with van der Waals surface area (Å²) in [6, 6.07) is 11.6. The summed E-state index contributed by atoms with van der Waals surface area (Å²) in [6.07, 6.45) is -0.929. The number of carbonyl (C=O) groups is 2. The lowest BCUT2D eigenvalue weighted by molar-refractivity contribution is -0.156. The molecule has 0 spiro atoms. The van der Waals surface area contributed by atoms with Crippen molar-refractivity contribution in [2.75, 3.05) is 18.5 Å². The highest BCUT2D eigenvalue weighted by molar-refractivity contribution is 6.36. The second-order valence-electron chi connectivity index (χ2n) is 5.14. The lowest BCUT2D eigenvalue weighted by atomic mass is 10.2. The van der Waals surface area contributed by atoms with Crippen LogP contribution in [-0.4, -0.2) is 31.2 Å². The molecule has 3 rings (SSSR count). The van der Waals surface area contributed by atoms with Crippen LogP contribution in [0.2, 0.25) is 10.0 Å². The van der Waals surface area contributed by atoms with Gasteiger partial charge in [-0.15, -0.1) is 0 Å². The average Bonchev–Trinajstić information content (AvgIpc) is 2.61. The van der Waals surface area contributed by atoms with Gasteiger partial charge in [0.25, 0.3) is 5.91 Å². The van der Waals surface area contributed by atoms with E-state index in [9.17, 15) is 9.59 Å². The summed E-state index contributed by atoms with van der Waals surface area (Å²) in [5, 5.41) is 3.27. The minimum atomic E-state index is -0.929. The van der Waals surface area contributed by atoms with Gasteiger partial charge in [-0.1, -0.05) is 35.3 Å². The first-order valence-electron chi connectivity index (χ1n) is 7.33. The Bertz CT molecular complexity index is 811. The zero-order chi connectivity index (χ0) is 17.8. The van der Waals surface area contributed by atoms with Gasteiger partial charge in [0, 0.05) is 5.02 Å². The van der Waals surface area contributed by atoms with Crippen LogP contribution in [0.4, 0.5) is 5.69 Å². The van der Waals surface area contributed by atoms with Gasteiger partial charge in [0.05, 0.1) is 10.7 Å². The number of ether oxygens (including phenoxy) is 3. The van der Waals surface area contributed by atoms with E-state index >= 15 is 0 Å². The normalized spacial score (nSPS) is 15.4. The average molecular weight is 382 g/mol. The molecule has 1 amide bonds. The molecule has 0 saturated heterocycles. The Kier molecular flexibility index (Phi) is 5.31. The highest BCUT2D eigenvalue weighted by Crippen LogP contribution is 2.31. The minimum absolute atomic E-state index is 0.0144. The molecule has 0 aromatic heterocycles. The summed E-state index contributed by atoms with van der Waals surface area (Å²) in [5.74, 6) is -0.212. The topological polar surface area (TPSA) is 73.9 Å². The van der Waals surface area contributed by atoms with E-state index in [0.717, 1.165) is 0 Å². The summed E-state index contributed by atoms with van der Waals surface area (Å²) >= 11 is 11.7. The quantitative estimate of drug-likeness (QED) is 0.822. The van der Waals surface area contributed by atoms with Crippen molar-refractivity contribution in [2.24, 2.45) is 0 Å². The number of amides is 1. The summed E-state index contributed by atoms with van der Waals surface area (Å²) in [6.45, 7) is -0.459. The molecule has 1 aliphatic heterocycles. The zero-order valence-electron chi connectivity index (χ0n) is 12.8. The van der Waals surface area contributed by atoms with E-state index in [0.29, 0.717) is 22.2 Å². The van der Waals surface area contributed by atoms with Gasteiger partial charge >= 0.3 is 5.97 Å². The number of halogens is 2. The Balaban J connectivity index is 1.51. The molecule has 1 atom stereocenters. The predicted molar refractivity (Wildman–Crippen MR) is 92.4 cm³/mol. The number of carbonyl (C=O) groups excluding carboxylic acids is 2. The number of anilines is 1. The van der Waals surface area contributed by atoms with Gasteiger partial charge in [0.1, 0.15) is 6.61 Å². The third-order valence-electron chi connectivity index (χ3n) is 3.32. The van der Waals surface area contributed by atoms with E-state index in [2.05, 4.69) is 5.32 Å². The molecule has 1 N–H and O–H groups in total. The van der Waals surface area contributed by atoms with Crippen LogP contribution in [0.15, 0.2) is 42.5 Å². The predicted octanol–water partition coefficient (Wildman–Crippen LogP) is 3.32. The smallest absolute Gasteiger partial charge is 0.351 e. The van der Waals surface area contributed by atoms with Crippen molar-refractivity contribution < 1.29 is 23.8 Å². The maximum Gasteiger partial charge on any atom is 0.351 e. The van der Waals surface area contributed by atoms with Gasteiger partial charge in [0.2, 0.25) is 6.10 Å². The molecular weight excluding hydrogens is 369 g/mol.